The lowest BCUT2D eigenvalue weighted by Gasteiger charge is -2.27. The van der Waals surface area contributed by atoms with Crippen LogP contribution in [0.5, 0.6) is 0 Å². The molecule has 1 fully saturated rings. The summed E-state index contributed by atoms with van der Waals surface area (Å²) >= 11 is 3.34. The molecule has 0 radical (unpaired) electrons. The number of fused-ring (bicyclic) bond motifs is 1. The van der Waals surface area contributed by atoms with Gasteiger partial charge >= 0.3 is 0 Å². The molecule has 4 rings (SSSR count). The number of thiophene rings is 1. The summed E-state index contributed by atoms with van der Waals surface area (Å²) in [4.78, 5) is 25.0. The molecule has 136 valence electrons. The first-order valence-corrected chi connectivity index (χ1v) is 10.7. The number of hydrogen-bond acceptors (Lipinski definition) is 5. The minimum atomic E-state index is -0.0228. The molecule has 4 nitrogen and oxygen atoms in total. The van der Waals surface area contributed by atoms with Gasteiger partial charge in [-0.05, 0) is 52.4 Å². The third kappa shape index (κ3) is 3.46. The predicted octanol–water partition coefficient (Wildman–Crippen LogP) is 4.45. The number of thioether (sulfide) groups is 1. The molecule has 1 N–H and O–H groups in total. The van der Waals surface area contributed by atoms with Crippen LogP contribution < -0.4 is 5.56 Å². The van der Waals surface area contributed by atoms with E-state index in [1.807, 2.05) is 0 Å². The molecule has 26 heavy (non-hydrogen) atoms. The summed E-state index contributed by atoms with van der Waals surface area (Å²) in [6.45, 7) is 6.37. The van der Waals surface area contributed by atoms with Gasteiger partial charge in [-0.3, -0.25) is 4.79 Å². The van der Waals surface area contributed by atoms with Gasteiger partial charge in [-0.1, -0.05) is 41.6 Å². The van der Waals surface area contributed by atoms with Crippen LogP contribution in [0.1, 0.15) is 23.3 Å². The van der Waals surface area contributed by atoms with E-state index in [9.17, 15) is 4.79 Å². The summed E-state index contributed by atoms with van der Waals surface area (Å²) in [7, 11) is 2.16. The zero-order valence-corrected chi connectivity index (χ0v) is 17.0. The molecule has 6 heteroatoms. The van der Waals surface area contributed by atoms with Crippen LogP contribution in [-0.4, -0.2) is 40.3 Å². The van der Waals surface area contributed by atoms with Crippen LogP contribution in [0.3, 0.4) is 0 Å². The quantitative estimate of drug-likeness (QED) is 0.677. The first kappa shape index (κ1) is 17.8. The molecule has 1 aliphatic heterocycles. The minimum absolute atomic E-state index is 0.0228. The molecule has 0 amide bonds. The number of benzene rings is 1. The van der Waals surface area contributed by atoms with Gasteiger partial charge in [0.15, 0.2) is 5.16 Å². The molecule has 1 aromatic carbocycles. The van der Waals surface area contributed by atoms with Crippen molar-refractivity contribution in [2.45, 2.75) is 37.1 Å². The maximum atomic E-state index is 12.9. The van der Waals surface area contributed by atoms with E-state index in [1.165, 1.54) is 5.56 Å². The van der Waals surface area contributed by atoms with Crippen molar-refractivity contribution < 1.29 is 0 Å². The standard InChI is InChI=1S/C20H23N3OS2/c1-12-4-6-14(7-5-12)16-13(2)25-19-17(16)18(24)21-20(22-19)26-15-8-10-23(3)11-9-15/h4-7,15H,8-11H2,1-3H3,(H,21,22,24). The Labute approximate surface area is 161 Å². The number of rotatable bonds is 3. The number of H-pyrrole nitrogens is 1. The number of nitrogens with one attached hydrogen (secondary N) is 1. The lowest BCUT2D eigenvalue weighted by atomic mass is 10.0. The average molecular weight is 386 g/mol. The molecule has 3 aromatic rings. The second-order valence-corrected chi connectivity index (χ2v) is 9.56. The van der Waals surface area contributed by atoms with Gasteiger partial charge in [0.25, 0.3) is 5.56 Å². The molecule has 0 atom stereocenters. The van der Waals surface area contributed by atoms with Gasteiger partial charge in [-0.2, -0.15) is 0 Å². The van der Waals surface area contributed by atoms with Gasteiger partial charge in [0.2, 0.25) is 0 Å². The third-order valence-corrected chi connectivity index (χ3v) is 7.22. The molecule has 3 heterocycles. The lowest BCUT2D eigenvalue weighted by Crippen LogP contribution is -2.31. The predicted molar refractivity (Wildman–Crippen MR) is 112 cm³/mol. The zero-order chi connectivity index (χ0) is 18.3. The van der Waals surface area contributed by atoms with Gasteiger partial charge in [-0.15, -0.1) is 11.3 Å². The highest BCUT2D eigenvalue weighted by Crippen LogP contribution is 2.37. The van der Waals surface area contributed by atoms with E-state index in [4.69, 9.17) is 4.98 Å². The number of aromatic nitrogens is 2. The first-order valence-electron chi connectivity index (χ1n) is 8.97. The second kappa shape index (κ2) is 7.18. The van der Waals surface area contributed by atoms with E-state index in [1.54, 1.807) is 23.1 Å². The van der Waals surface area contributed by atoms with Crippen molar-refractivity contribution in [3.05, 3.63) is 45.1 Å². The van der Waals surface area contributed by atoms with Crippen LogP contribution in [0, 0.1) is 13.8 Å². The van der Waals surface area contributed by atoms with E-state index < -0.39 is 0 Å². The number of aromatic amines is 1. The van der Waals surface area contributed by atoms with Crippen LogP contribution >= 0.6 is 23.1 Å². The number of nitrogens with zero attached hydrogens (tertiary/aromatic N) is 2. The highest BCUT2D eigenvalue weighted by molar-refractivity contribution is 7.99. The van der Waals surface area contributed by atoms with Crippen LogP contribution in [0.4, 0.5) is 0 Å². The molecule has 0 unspecified atom stereocenters. The molecule has 2 aromatic heterocycles. The van der Waals surface area contributed by atoms with Gasteiger partial charge in [-0.25, -0.2) is 4.98 Å². The largest absolute Gasteiger partial charge is 0.306 e. The summed E-state index contributed by atoms with van der Waals surface area (Å²) in [6, 6.07) is 8.35. The van der Waals surface area contributed by atoms with Gasteiger partial charge in [0.05, 0.1) is 5.39 Å². The summed E-state index contributed by atoms with van der Waals surface area (Å²) in [5, 5.41) is 2.02. The monoisotopic (exact) mass is 385 g/mol. The van der Waals surface area contributed by atoms with Crippen molar-refractivity contribution in [1.29, 1.82) is 0 Å². The number of piperidine rings is 1. The summed E-state index contributed by atoms with van der Waals surface area (Å²) in [5.41, 5.74) is 3.30. The summed E-state index contributed by atoms with van der Waals surface area (Å²) in [6.07, 6.45) is 2.28. The van der Waals surface area contributed by atoms with Gasteiger partial charge in [0.1, 0.15) is 4.83 Å². The fourth-order valence-corrected chi connectivity index (χ4v) is 5.64. The maximum absolute atomic E-state index is 12.9. The van der Waals surface area contributed by atoms with Crippen LogP contribution in [0.15, 0.2) is 34.2 Å². The van der Waals surface area contributed by atoms with E-state index in [0.29, 0.717) is 5.25 Å². The average Bonchev–Trinajstić information content (AvgIpc) is 2.94. The molecular weight excluding hydrogens is 362 g/mol. The molecule has 0 aliphatic carbocycles. The maximum Gasteiger partial charge on any atom is 0.260 e. The second-order valence-electron chi connectivity index (χ2n) is 7.07. The van der Waals surface area contributed by atoms with Crippen molar-refractivity contribution in [3.8, 4) is 11.1 Å². The van der Waals surface area contributed by atoms with Crippen LogP contribution in [0.2, 0.25) is 0 Å². The zero-order valence-electron chi connectivity index (χ0n) is 15.3. The SMILES string of the molecule is Cc1ccc(-c2c(C)sc3nc(SC4CCN(C)CC4)[nH]c(=O)c23)cc1. The van der Waals surface area contributed by atoms with E-state index in [0.717, 1.165) is 57.3 Å². The summed E-state index contributed by atoms with van der Waals surface area (Å²) in [5.74, 6) is 0. The van der Waals surface area contributed by atoms with Crippen LogP contribution in [0.25, 0.3) is 21.3 Å². The van der Waals surface area contributed by atoms with E-state index >= 15 is 0 Å². The Morgan fingerprint density at radius 3 is 2.58 bits per heavy atom. The fraction of sp³-hybridized carbons (Fsp3) is 0.400. The normalized spacial score (nSPS) is 16.4. The minimum Gasteiger partial charge on any atom is -0.306 e. The molecular formula is C20H23N3OS2. The lowest BCUT2D eigenvalue weighted by molar-refractivity contribution is 0.282. The molecule has 0 spiro atoms. The van der Waals surface area contributed by atoms with E-state index in [2.05, 4.69) is 55.0 Å². The Balaban J connectivity index is 1.70. The smallest absolute Gasteiger partial charge is 0.260 e. The van der Waals surface area contributed by atoms with E-state index in [-0.39, 0.29) is 5.56 Å². The highest BCUT2D eigenvalue weighted by atomic mass is 32.2. The highest BCUT2D eigenvalue weighted by Gasteiger charge is 2.21. The fourth-order valence-electron chi connectivity index (χ4n) is 3.48. The van der Waals surface area contributed by atoms with Gasteiger partial charge < -0.3 is 9.88 Å². The van der Waals surface area contributed by atoms with Crippen molar-refractivity contribution in [2.24, 2.45) is 0 Å². The number of likely N-dealkylation sites (tertiary alicyclic amines) is 1. The molecule has 1 aliphatic rings. The van der Waals surface area contributed by atoms with Crippen molar-refractivity contribution in [2.75, 3.05) is 20.1 Å². The summed E-state index contributed by atoms with van der Waals surface area (Å²) < 4.78 is 0. The topological polar surface area (TPSA) is 49.0 Å². The van der Waals surface area contributed by atoms with Crippen molar-refractivity contribution in [1.82, 2.24) is 14.9 Å². The Kier molecular flexibility index (Phi) is 4.90. The Morgan fingerprint density at radius 2 is 1.88 bits per heavy atom. The third-order valence-electron chi connectivity index (χ3n) is 5.00. The Hall–Kier alpha value is -1.63. The van der Waals surface area contributed by atoms with Crippen molar-refractivity contribution in [3.63, 3.8) is 0 Å². The first-order chi connectivity index (χ1) is 12.5. The van der Waals surface area contributed by atoms with Crippen LogP contribution in [-0.2, 0) is 0 Å². The molecule has 0 bridgehead atoms. The number of aryl methyl sites for hydroxylation is 2. The Bertz CT molecular complexity index is 983. The van der Waals surface area contributed by atoms with Gasteiger partial charge in [0, 0.05) is 15.7 Å². The Morgan fingerprint density at radius 1 is 1.19 bits per heavy atom. The molecule has 1 saturated heterocycles. The molecule has 0 saturated carbocycles. The van der Waals surface area contributed by atoms with Crippen molar-refractivity contribution >= 4 is 33.3 Å². The number of hydrogen-bond donors (Lipinski definition) is 1.